The molecule has 6 heteroatoms. The monoisotopic (exact) mass is 322 g/mol. The molecule has 0 saturated carbocycles. The molecular formula is C15H9Cl2FN2O. The van der Waals surface area contributed by atoms with Gasteiger partial charge in [-0.25, -0.2) is 9.38 Å². The zero-order valence-corrected chi connectivity index (χ0v) is 12.1. The third-order valence-corrected chi connectivity index (χ3v) is 3.52. The van der Waals surface area contributed by atoms with Crippen molar-refractivity contribution in [1.82, 2.24) is 0 Å². The van der Waals surface area contributed by atoms with Gasteiger partial charge in [-0.05, 0) is 30.3 Å². The number of aliphatic imine (C=N–C) groups is 1. The number of hydrogen-bond acceptors (Lipinski definition) is 2. The zero-order chi connectivity index (χ0) is 15.0. The van der Waals surface area contributed by atoms with Gasteiger partial charge in [0, 0.05) is 21.2 Å². The molecule has 106 valence electrons. The van der Waals surface area contributed by atoms with Crippen molar-refractivity contribution in [3.63, 3.8) is 0 Å². The minimum Gasteiger partial charge on any atom is -0.321 e. The molecule has 0 aliphatic carbocycles. The van der Waals surface area contributed by atoms with Gasteiger partial charge in [0.2, 0.25) is 0 Å². The van der Waals surface area contributed by atoms with Crippen LogP contribution in [0.1, 0.15) is 11.1 Å². The van der Waals surface area contributed by atoms with Crippen molar-refractivity contribution in [1.29, 1.82) is 0 Å². The minimum absolute atomic E-state index is 0.334. The Bertz CT molecular complexity index is 761. The van der Waals surface area contributed by atoms with Gasteiger partial charge in [0.05, 0.1) is 11.4 Å². The first-order valence-electron chi connectivity index (χ1n) is 6.13. The third-order valence-electron chi connectivity index (χ3n) is 3.05. The van der Waals surface area contributed by atoms with Gasteiger partial charge in [0.15, 0.2) is 0 Å². The Morgan fingerprint density at radius 3 is 2.62 bits per heavy atom. The summed E-state index contributed by atoms with van der Waals surface area (Å²) in [6.07, 6.45) is -1.98. The number of benzodiazepines with no additional fused rings is 1. The molecule has 0 bridgehead atoms. The number of hydrogen-bond donors (Lipinski definition) is 1. The summed E-state index contributed by atoms with van der Waals surface area (Å²) >= 11 is 12.0. The fourth-order valence-electron chi connectivity index (χ4n) is 2.12. The summed E-state index contributed by atoms with van der Waals surface area (Å²) in [5.74, 6) is -0.810. The molecule has 3 nitrogen and oxygen atoms in total. The standard InChI is InChI=1S/C15H9Cl2FN2O/c16-9-3-1-2-8(6-9)13-11-7-10(17)4-5-12(11)19-15(21)14(18)20-13/h1-7,14H,(H,19,21). The lowest BCUT2D eigenvalue weighted by atomic mass is 10.0. The number of nitrogens with one attached hydrogen (secondary N) is 1. The normalized spacial score (nSPS) is 17.6. The molecule has 1 amide bonds. The average molecular weight is 323 g/mol. The average Bonchev–Trinajstić information content (AvgIpc) is 2.57. The fraction of sp³-hybridized carbons (Fsp3) is 0.0667. The number of amides is 1. The second-order valence-electron chi connectivity index (χ2n) is 4.50. The number of halogens is 3. The number of rotatable bonds is 1. The molecule has 1 atom stereocenters. The first-order chi connectivity index (χ1) is 10.0. The van der Waals surface area contributed by atoms with E-state index >= 15 is 0 Å². The molecule has 2 aromatic rings. The van der Waals surface area contributed by atoms with Crippen molar-refractivity contribution in [2.24, 2.45) is 4.99 Å². The van der Waals surface area contributed by atoms with E-state index in [0.717, 1.165) is 0 Å². The summed E-state index contributed by atoms with van der Waals surface area (Å²) in [4.78, 5) is 15.5. The Kier molecular flexibility index (Phi) is 3.66. The summed E-state index contributed by atoms with van der Waals surface area (Å²) in [6.45, 7) is 0. The second kappa shape index (κ2) is 5.47. The Labute approximate surface area is 130 Å². The van der Waals surface area contributed by atoms with E-state index in [1.54, 1.807) is 42.5 Å². The molecule has 1 unspecified atom stereocenters. The van der Waals surface area contributed by atoms with Gasteiger partial charge in [-0.15, -0.1) is 0 Å². The van der Waals surface area contributed by atoms with Gasteiger partial charge < -0.3 is 5.32 Å². The van der Waals surface area contributed by atoms with Crippen molar-refractivity contribution in [2.75, 3.05) is 5.32 Å². The second-order valence-corrected chi connectivity index (χ2v) is 5.38. The lowest BCUT2D eigenvalue weighted by Gasteiger charge is -2.10. The highest BCUT2D eigenvalue weighted by atomic mass is 35.5. The highest BCUT2D eigenvalue weighted by Crippen LogP contribution is 2.28. The van der Waals surface area contributed by atoms with E-state index in [-0.39, 0.29) is 0 Å². The minimum atomic E-state index is -1.98. The summed E-state index contributed by atoms with van der Waals surface area (Å²) in [5, 5.41) is 3.46. The Balaban J connectivity index is 2.24. The van der Waals surface area contributed by atoms with Crippen LogP contribution in [-0.2, 0) is 4.79 Å². The maximum atomic E-state index is 13.9. The summed E-state index contributed by atoms with van der Waals surface area (Å²) in [7, 11) is 0. The topological polar surface area (TPSA) is 41.5 Å². The molecule has 0 radical (unpaired) electrons. The van der Waals surface area contributed by atoms with Gasteiger partial charge in [0.1, 0.15) is 0 Å². The van der Waals surface area contributed by atoms with E-state index in [0.29, 0.717) is 32.6 Å². The molecule has 0 aromatic heterocycles. The smallest absolute Gasteiger partial charge is 0.281 e. The molecule has 1 aliphatic rings. The van der Waals surface area contributed by atoms with E-state index in [1.165, 1.54) is 0 Å². The van der Waals surface area contributed by atoms with Crippen LogP contribution in [0.2, 0.25) is 10.0 Å². The van der Waals surface area contributed by atoms with Crippen LogP contribution in [-0.4, -0.2) is 17.9 Å². The number of anilines is 1. The van der Waals surface area contributed by atoms with Crippen molar-refractivity contribution in [3.8, 4) is 0 Å². The van der Waals surface area contributed by atoms with Crippen LogP contribution in [0.25, 0.3) is 0 Å². The summed E-state index contributed by atoms with van der Waals surface area (Å²) in [5.41, 5.74) is 1.97. The van der Waals surface area contributed by atoms with E-state index < -0.39 is 12.2 Å². The molecule has 1 aliphatic heterocycles. The summed E-state index contributed by atoms with van der Waals surface area (Å²) in [6, 6.07) is 11.7. The highest BCUT2D eigenvalue weighted by Gasteiger charge is 2.25. The number of carbonyl (C=O) groups is 1. The Morgan fingerprint density at radius 2 is 1.86 bits per heavy atom. The van der Waals surface area contributed by atoms with Crippen LogP contribution in [0, 0.1) is 0 Å². The predicted octanol–water partition coefficient (Wildman–Crippen LogP) is 4.08. The van der Waals surface area contributed by atoms with Crippen molar-refractivity contribution >= 4 is 40.5 Å². The highest BCUT2D eigenvalue weighted by molar-refractivity contribution is 6.32. The van der Waals surface area contributed by atoms with Gasteiger partial charge in [-0.3, -0.25) is 4.79 Å². The van der Waals surface area contributed by atoms with Crippen LogP contribution in [0.3, 0.4) is 0 Å². The third kappa shape index (κ3) is 2.77. The SMILES string of the molecule is O=C1Nc2ccc(Cl)cc2C(c2cccc(Cl)c2)=NC1F. The van der Waals surface area contributed by atoms with E-state index in [2.05, 4.69) is 10.3 Å². The lowest BCUT2D eigenvalue weighted by Crippen LogP contribution is -2.21. The molecule has 1 heterocycles. The molecule has 2 aromatic carbocycles. The van der Waals surface area contributed by atoms with Crippen molar-refractivity contribution in [3.05, 3.63) is 63.6 Å². The molecule has 0 fully saturated rings. The van der Waals surface area contributed by atoms with Crippen LogP contribution in [0.15, 0.2) is 47.5 Å². The van der Waals surface area contributed by atoms with E-state index in [1.807, 2.05) is 0 Å². The largest absolute Gasteiger partial charge is 0.321 e. The van der Waals surface area contributed by atoms with Crippen LogP contribution < -0.4 is 5.32 Å². The number of carbonyl (C=O) groups excluding carboxylic acids is 1. The molecule has 21 heavy (non-hydrogen) atoms. The molecule has 1 N–H and O–H groups in total. The summed E-state index contributed by atoms with van der Waals surface area (Å²) < 4.78 is 13.9. The van der Waals surface area contributed by atoms with Gasteiger partial charge in [-0.2, -0.15) is 0 Å². The molecule has 0 saturated heterocycles. The van der Waals surface area contributed by atoms with E-state index in [9.17, 15) is 9.18 Å². The molecule has 0 spiro atoms. The maximum absolute atomic E-state index is 13.9. The first-order valence-corrected chi connectivity index (χ1v) is 6.89. The van der Waals surface area contributed by atoms with Gasteiger partial charge in [0.25, 0.3) is 12.2 Å². The molecule has 3 rings (SSSR count). The van der Waals surface area contributed by atoms with Gasteiger partial charge in [-0.1, -0.05) is 35.3 Å². The molecular weight excluding hydrogens is 314 g/mol. The van der Waals surface area contributed by atoms with Crippen molar-refractivity contribution in [2.45, 2.75) is 6.30 Å². The van der Waals surface area contributed by atoms with Crippen LogP contribution in [0.4, 0.5) is 10.1 Å². The first kappa shape index (κ1) is 14.0. The number of nitrogens with zero attached hydrogens (tertiary/aromatic N) is 1. The van der Waals surface area contributed by atoms with Crippen molar-refractivity contribution < 1.29 is 9.18 Å². The zero-order valence-electron chi connectivity index (χ0n) is 10.6. The van der Waals surface area contributed by atoms with Crippen LogP contribution >= 0.6 is 23.2 Å². The maximum Gasteiger partial charge on any atom is 0.281 e. The number of alkyl halides is 1. The van der Waals surface area contributed by atoms with Gasteiger partial charge >= 0.3 is 0 Å². The fourth-order valence-corrected chi connectivity index (χ4v) is 2.48. The lowest BCUT2D eigenvalue weighted by molar-refractivity contribution is -0.120. The van der Waals surface area contributed by atoms with E-state index in [4.69, 9.17) is 23.2 Å². The number of benzene rings is 2. The Hall–Kier alpha value is -1.91. The quantitative estimate of drug-likeness (QED) is 0.790. The predicted molar refractivity (Wildman–Crippen MR) is 82.1 cm³/mol. The Morgan fingerprint density at radius 1 is 1.10 bits per heavy atom. The van der Waals surface area contributed by atoms with Crippen LogP contribution in [0.5, 0.6) is 0 Å². The number of fused-ring (bicyclic) bond motifs is 1.